The number of nitrogens with zero attached hydrogens (tertiary/aromatic N) is 1. The average molecular weight is 287 g/mol. The van der Waals surface area contributed by atoms with E-state index < -0.39 is 0 Å². The molecule has 0 N–H and O–H groups in total. The predicted octanol–water partition coefficient (Wildman–Crippen LogP) is 4.52. The Hall–Kier alpha value is -0.860. The summed E-state index contributed by atoms with van der Waals surface area (Å²) in [4.78, 5) is 2.70. The van der Waals surface area contributed by atoms with E-state index in [1.807, 2.05) is 0 Å². The Morgan fingerprint density at radius 2 is 1.67 bits per heavy atom. The second-order valence-corrected chi connectivity index (χ2v) is 7.54. The lowest BCUT2D eigenvalue weighted by Gasteiger charge is -2.38. The molecule has 2 aliphatic heterocycles. The molecule has 2 aliphatic rings. The molecular weight excluding hydrogens is 258 g/mol. The molecular formula is C19H29NO. The normalized spacial score (nSPS) is 25.4. The van der Waals surface area contributed by atoms with Gasteiger partial charge in [-0.3, -0.25) is 4.90 Å². The molecule has 0 bridgehead atoms. The zero-order chi connectivity index (χ0) is 14.9. The van der Waals surface area contributed by atoms with Crippen LogP contribution in [0.15, 0.2) is 24.3 Å². The van der Waals surface area contributed by atoms with Gasteiger partial charge in [-0.05, 0) is 70.0 Å². The summed E-state index contributed by atoms with van der Waals surface area (Å²) >= 11 is 0. The van der Waals surface area contributed by atoms with Gasteiger partial charge in [-0.1, -0.05) is 24.3 Å². The Morgan fingerprint density at radius 3 is 2.33 bits per heavy atom. The molecule has 1 unspecified atom stereocenters. The molecule has 1 atom stereocenters. The van der Waals surface area contributed by atoms with Crippen LogP contribution in [0.5, 0.6) is 0 Å². The quantitative estimate of drug-likeness (QED) is 0.793. The maximum absolute atomic E-state index is 5.55. The van der Waals surface area contributed by atoms with Crippen LogP contribution in [0.1, 0.15) is 69.5 Å². The summed E-state index contributed by atoms with van der Waals surface area (Å²) in [5.41, 5.74) is 3.42. The Morgan fingerprint density at radius 1 is 1.00 bits per heavy atom. The van der Waals surface area contributed by atoms with Gasteiger partial charge in [-0.2, -0.15) is 0 Å². The highest BCUT2D eigenvalue weighted by Gasteiger charge is 2.35. The fourth-order valence-electron chi connectivity index (χ4n) is 4.09. The minimum absolute atomic E-state index is 0.254. The number of benzene rings is 1. The van der Waals surface area contributed by atoms with Crippen LogP contribution in [0.2, 0.25) is 0 Å². The smallest absolute Gasteiger partial charge is 0.0471 e. The van der Waals surface area contributed by atoms with Gasteiger partial charge >= 0.3 is 0 Å². The number of hydrogen-bond donors (Lipinski definition) is 0. The van der Waals surface area contributed by atoms with E-state index in [-0.39, 0.29) is 5.54 Å². The summed E-state index contributed by atoms with van der Waals surface area (Å²) in [5.74, 6) is 0.692. The monoisotopic (exact) mass is 287 g/mol. The molecule has 2 fully saturated rings. The highest BCUT2D eigenvalue weighted by atomic mass is 16.5. The van der Waals surface area contributed by atoms with Crippen molar-refractivity contribution in [3.8, 4) is 0 Å². The Labute approximate surface area is 129 Å². The van der Waals surface area contributed by atoms with Gasteiger partial charge in [0.05, 0.1) is 0 Å². The number of rotatable bonds is 2. The molecule has 21 heavy (non-hydrogen) atoms. The summed E-state index contributed by atoms with van der Waals surface area (Å²) in [7, 11) is 0. The van der Waals surface area contributed by atoms with Crippen molar-refractivity contribution in [3.63, 3.8) is 0 Å². The third-order valence-corrected chi connectivity index (χ3v) is 5.13. The van der Waals surface area contributed by atoms with Gasteiger partial charge in [-0.25, -0.2) is 0 Å². The molecule has 0 aromatic heterocycles. The topological polar surface area (TPSA) is 12.5 Å². The number of hydrogen-bond acceptors (Lipinski definition) is 2. The van der Waals surface area contributed by atoms with Gasteiger partial charge in [-0.15, -0.1) is 0 Å². The zero-order valence-corrected chi connectivity index (χ0v) is 13.8. The fourth-order valence-corrected chi connectivity index (χ4v) is 4.09. The van der Waals surface area contributed by atoms with E-state index in [1.54, 1.807) is 11.1 Å². The van der Waals surface area contributed by atoms with E-state index >= 15 is 0 Å². The highest BCUT2D eigenvalue weighted by Crippen LogP contribution is 2.41. The lowest BCUT2D eigenvalue weighted by molar-refractivity contribution is 0.0838. The van der Waals surface area contributed by atoms with Crippen molar-refractivity contribution in [1.82, 2.24) is 4.90 Å². The first-order valence-corrected chi connectivity index (χ1v) is 8.50. The van der Waals surface area contributed by atoms with E-state index in [1.165, 1.54) is 32.2 Å². The molecule has 0 aliphatic carbocycles. The first kappa shape index (κ1) is 15.1. The predicted molar refractivity (Wildman–Crippen MR) is 87.7 cm³/mol. The summed E-state index contributed by atoms with van der Waals surface area (Å²) in [6.07, 6.45) is 4.99. The summed E-state index contributed by atoms with van der Waals surface area (Å²) in [5, 5.41) is 0. The maximum Gasteiger partial charge on any atom is 0.0471 e. The molecule has 0 radical (unpaired) electrons. The third-order valence-electron chi connectivity index (χ3n) is 5.13. The van der Waals surface area contributed by atoms with Crippen LogP contribution in [-0.4, -0.2) is 30.2 Å². The Balaban J connectivity index is 1.91. The Kier molecular flexibility index (Phi) is 4.37. The van der Waals surface area contributed by atoms with Crippen LogP contribution in [-0.2, 0) is 4.74 Å². The van der Waals surface area contributed by atoms with E-state index in [9.17, 15) is 0 Å². The number of likely N-dealkylation sites (tertiary alicyclic amines) is 1. The largest absolute Gasteiger partial charge is 0.381 e. The lowest BCUT2D eigenvalue weighted by atomic mass is 9.85. The van der Waals surface area contributed by atoms with Crippen molar-refractivity contribution in [1.29, 1.82) is 0 Å². The molecule has 0 spiro atoms. The molecule has 0 saturated carbocycles. The minimum Gasteiger partial charge on any atom is -0.381 e. The first-order valence-electron chi connectivity index (χ1n) is 8.50. The van der Waals surface area contributed by atoms with Crippen molar-refractivity contribution in [3.05, 3.63) is 35.4 Å². The molecule has 1 aromatic carbocycles. The van der Waals surface area contributed by atoms with Crippen LogP contribution in [0.3, 0.4) is 0 Å². The van der Waals surface area contributed by atoms with Gasteiger partial charge in [0.1, 0.15) is 0 Å². The van der Waals surface area contributed by atoms with Gasteiger partial charge in [0.15, 0.2) is 0 Å². The molecule has 0 amide bonds. The van der Waals surface area contributed by atoms with Crippen molar-refractivity contribution in [2.45, 2.75) is 64.0 Å². The van der Waals surface area contributed by atoms with Crippen LogP contribution in [0, 0.1) is 0 Å². The maximum atomic E-state index is 5.55. The number of ether oxygens (including phenoxy) is 1. The molecule has 2 saturated heterocycles. The molecule has 2 nitrogen and oxygen atoms in total. The van der Waals surface area contributed by atoms with Crippen molar-refractivity contribution in [2.24, 2.45) is 0 Å². The van der Waals surface area contributed by atoms with Gasteiger partial charge in [0, 0.05) is 24.8 Å². The second-order valence-electron chi connectivity index (χ2n) is 7.54. The van der Waals surface area contributed by atoms with Crippen LogP contribution in [0.4, 0.5) is 0 Å². The summed E-state index contributed by atoms with van der Waals surface area (Å²) in [6, 6.07) is 9.77. The summed E-state index contributed by atoms with van der Waals surface area (Å²) in [6.45, 7) is 10.1. The van der Waals surface area contributed by atoms with Gasteiger partial charge in [0.25, 0.3) is 0 Å². The highest BCUT2D eigenvalue weighted by molar-refractivity contribution is 5.34. The molecule has 116 valence electrons. The van der Waals surface area contributed by atoms with Crippen molar-refractivity contribution < 1.29 is 4.74 Å². The summed E-state index contributed by atoms with van der Waals surface area (Å²) < 4.78 is 5.55. The average Bonchev–Trinajstić information content (AvgIpc) is 2.98. The fraction of sp³-hybridized carbons (Fsp3) is 0.684. The molecule has 1 aromatic rings. The molecule has 2 heterocycles. The lowest BCUT2D eigenvalue weighted by Crippen LogP contribution is -2.41. The van der Waals surface area contributed by atoms with E-state index in [4.69, 9.17) is 4.74 Å². The SMILES string of the molecule is CC(C)(C)N1CCCC1c1ccccc1C1CCOCC1. The standard InChI is InChI=1S/C19H29NO/c1-19(2,3)20-12-6-9-18(20)17-8-5-4-7-16(17)15-10-13-21-14-11-15/h4-5,7-8,15,18H,6,9-14H2,1-3H3. The van der Waals surface area contributed by atoms with Crippen molar-refractivity contribution in [2.75, 3.05) is 19.8 Å². The van der Waals surface area contributed by atoms with E-state index in [2.05, 4.69) is 49.9 Å². The van der Waals surface area contributed by atoms with Crippen LogP contribution < -0.4 is 0 Å². The minimum atomic E-state index is 0.254. The van der Waals surface area contributed by atoms with E-state index in [0.717, 1.165) is 13.2 Å². The van der Waals surface area contributed by atoms with Gasteiger partial charge < -0.3 is 4.74 Å². The van der Waals surface area contributed by atoms with Crippen molar-refractivity contribution >= 4 is 0 Å². The molecule has 3 rings (SSSR count). The van der Waals surface area contributed by atoms with Crippen LogP contribution in [0.25, 0.3) is 0 Å². The van der Waals surface area contributed by atoms with E-state index in [0.29, 0.717) is 12.0 Å². The van der Waals surface area contributed by atoms with Gasteiger partial charge in [0.2, 0.25) is 0 Å². The zero-order valence-electron chi connectivity index (χ0n) is 13.8. The first-order chi connectivity index (χ1) is 10.1. The van der Waals surface area contributed by atoms with Crippen LogP contribution >= 0.6 is 0 Å². The third kappa shape index (κ3) is 3.17. The second kappa shape index (κ2) is 6.10. The Bertz CT molecular complexity index is 471. The molecule has 2 heteroatoms.